The number of phenolic OH excluding ortho intramolecular Hbond substituents is 1. The Hall–Kier alpha value is -2.00. The van der Waals surface area contributed by atoms with Crippen LogP contribution in [0.2, 0.25) is 0 Å². The molecule has 1 saturated heterocycles. The van der Waals surface area contributed by atoms with Crippen LogP contribution in [0, 0.1) is 3.57 Å². The molecule has 2 aromatic rings. The van der Waals surface area contributed by atoms with Crippen LogP contribution in [-0.4, -0.2) is 23.4 Å². The minimum absolute atomic E-state index is 0.176. The summed E-state index contributed by atoms with van der Waals surface area (Å²) < 4.78 is 5.90. The number of carbonyl (C=O) groups excluding carboxylic acids is 2. The Morgan fingerprint density at radius 3 is 2.67 bits per heavy atom. The first-order valence-corrected chi connectivity index (χ1v) is 8.80. The van der Waals surface area contributed by atoms with E-state index in [4.69, 9.17) is 4.74 Å². The molecule has 0 aromatic heterocycles. The largest absolute Gasteiger partial charge is 0.507 e. The van der Waals surface area contributed by atoms with Crippen LogP contribution < -0.4 is 9.64 Å². The number of rotatable bonds is 3. The molecule has 1 fully saturated rings. The molecule has 24 heavy (non-hydrogen) atoms. The van der Waals surface area contributed by atoms with Crippen LogP contribution in [0.5, 0.6) is 11.5 Å². The number of hydrogen-bond donors (Lipinski definition) is 1. The lowest BCUT2D eigenvalue weighted by Gasteiger charge is -2.15. The number of anilines is 1. The lowest BCUT2D eigenvalue weighted by atomic mass is 10.2. The number of phenols is 1. The molecule has 0 unspecified atom stereocenters. The highest BCUT2D eigenvalue weighted by molar-refractivity contribution is 14.1. The van der Waals surface area contributed by atoms with Crippen LogP contribution in [0.25, 0.3) is 6.08 Å². The number of methoxy groups -OCH3 is 1. The third-order valence-corrected chi connectivity index (χ3v) is 5.12. The standard InChI is InChI=1S/C17H12INO4S/c1-23-14-5-3-2-4-12(14)19-16(21)15(24-17(19)22)9-10-6-7-13(20)11(18)8-10/h2-9,20H,1H3/b15-9-. The summed E-state index contributed by atoms with van der Waals surface area (Å²) in [5, 5.41) is 9.20. The van der Waals surface area contributed by atoms with Crippen LogP contribution in [0.4, 0.5) is 10.5 Å². The van der Waals surface area contributed by atoms with Gasteiger partial charge in [-0.25, -0.2) is 4.90 Å². The normalized spacial score (nSPS) is 16.1. The summed E-state index contributed by atoms with van der Waals surface area (Å²) in [6, 6.07) is 11.9. The zero-order valence-electron chi connectivity index (χ0n) is 12.5. The molecular weight excluding hydrogens is 441 g/mol. The second kappa shape index (κ2) is 6.86. The molecule has 1 N–H and O–H groups in total. The Balaban J connectivity index is 1.97. The van der Waals surface area contributed by atoms with Gasteiger partial charge >= 0.3 is 0 Å². The summed E-state index contributed by atoms with van der Waals surface area (Å²) >= 11 is 2.88. The summed E-state index contributed by atoms with van der Waals surface area (Å²) in [5.74, 6) is 0.243. The third-order valence-electron chi connectivity index (χ3n) is 3.39. The summed E-state index contributed by atoms with van der Waals surface area (Å²) in [4.78, 5) is 26.4. The van der Waals surface area contributed by atoms with E-state index in [0.29, 0.717) is 19.9 Å². The van der Waals surface area contributed by atoms with Gasteiger partial charge in [0.15, 0.2) is 0 Å². The molecule has 0 atom stereocenters. The molecule has 2 aromatic carbocycles. The molecule has 3 rings (SSSR count). The maximum Gasteiger partial charge on any atom is 0.298 e. The van der Waals surface area contributed by atoms with Crippen molar-refractivity contribution in [2.75, 3.05) is 12.0 Å². The third kappa shape index (κ3) is 3.13. The van der Waals surface area contributed by atoms with Crippen molar-refractivity contribution in [1.29, 1.82) is 0 Å². The van der Waals surface area contributed by atoms with Crippen LogP contribution in [0.1, 0.15) is 5.56 Å². The zero-order chi connectivity index (χ0) is 17.3. The minimum atomic E-state index is -0.391. The van der Waals surface area contributed by atoms with Crippen molar-refractivity contribution < 1.29 is 19.4 Å². The highest BCUT2D eigenvalue weighted by Crippen LogP contribution is 2.39. The van der Waals surface area contributed by atoms with E-state index in [1.807, 2.05) is 22.6 Å². The van der Waals surface area contributed by atoms with Gasteiger partial charge in [0, 0.05) is 0 Å². The molecule has 122 valence electrons. The maximum atomic E-state index is 12.6. The smallest absolute Gasteiger partial charge is 0.298 e. The lowest BCUT2D eigenvalue weighted by Crippen LogP contribution is -2.28. The molecule has 0 saturated carbocycles. The number of thioether (sulfide) groups is 1. The van der Waals surface area contributed by atoms with Crippen molar-refractivity contribution in [3.63, 3.8) is 0 Å². The zero-order valence-corrected chi connectivity index (χ0v) is 15.5. The molecule has 1 heterocycles. The van der Waals surface area contributed by atoms with Crippen molar-refractivity contribution in [2.24, 2.45) is 0 Å². The van der Waals surface area contributed by atoms with Gasteiger partial charge in [-0.15, -0.1) is 0 Å². The number of nitrogens with zero attached hydrogens (tertiary/aromatic N) is 1. The van der Waals surface area contributed by atoms with Gasteiger partial charge in [-0.1, -0.05) is 18.2 Å². The number of hydrogen-bond acceptors (Lipinski definition) is 5. The molecule has 0 bridgehead atoms. The Morgan fingerprint density at radius 1 is 1.21 bits per heavy atom. The Labute approximate surface area is 156 Å². The summed E-state index contributed by atoms with van der Waals surface area (Å²) in [6.45, 7) is 0. The molecule has 5 nitrogen and oxygen atoms in total. The molecule has 0 spiro atoms. The number of aromatic hydroxyl groups is 1. The fourth-order valence-electron chi connectivity index (χ4n) is 2.25. The molecule has 2 amide bonds. The maximum absolute atomic E-state index is 12.6. The van der Waals surface area contributed by atoms with E-state index in [1.165, 1.54) is 7.11 Å². The topological polar surface area (TPSA) is 66.8 Å². The highest BCUT2D eigenvalue weighted by atomic mass is 127. The highest BCUT2D eigenvalue weighted by Gasteiger charge is 2.37. The van der Waals surface area contributed by atoms with Gasteiger partial charge in [-0.2, -0.15) is 0 Å². The van der Waals surface area contributed by atoms with Crippen molar-refractivity contribution in [2.45, 2.75) is 0 Å². The quantitative estimate of drug-likeness (QED) is 0.556. The van der Waals surface area contributed by atoms with Gasteiger partial charge < -0.3 is 9.84 Å². The SMILES string of the molecule is COc1ccccc1N1C(=O)S/C(=C\c2ccc(O)c(I)c2)C1=O. The Bertz CT molecular complexity index is 865. The lowest BCUT2D eigenvalue weighted by molar-refractivity contribution is -0.113. The number of imide groups is 1. The van der Waals surface area contributed by atoms with E-state index in [2.05, 4.69) is 0 Å². The van der Waals surface area contributed by atoms with Crippen LogP contribution >= 0.6 is 34.4 Å². The Morgan fingerprint density at radius 2 is 1.96 bits per heavy atom. The first-order valence-electron chi connectivity index (χ1n) is 6.91. The van der Waals surface area contributed by atoms with E-state index >= 15 is 0 Å². The number of ether oxygens (including phenoxy) is 1. The second-order valence-corrected chi connectivity index (χ2v) is 7.06. The van der Waals surface area contributed by atoms with Gasteiger partial charge in [-0.05, 0) is 70.3 Å². The van der Waals surface area contributed by atoms with Crippen molar-refractivity contribution in [1.82, 2.24) is 0 Å². The predicted octanol–water partition coefficient (Wildman–Crippen LogP) is 4.25. The fourth-order valence-corrected chi connectivity index (χ4v) is 3.63. The van der Waals surface area contributed by atoms with E-state index in [1.54, 1.807) is 48.5 Å². The Kier molecular flexibility index (Phi) is 4.81. The van der Waals surface area contributed by atoms with Crippen molar-refractivity contribution in [3.8, 4) is 11.5 Å². The van der Waals surface area contributed by atoms with Gasteiger partial charge in [0.2, 0.25) is 0 Å². The average molecular weight is 453 g/mol. The molecule has 1 aliphatic rings. The summed E-state index contributed by atoms with van der Waals surface area (Å²) in [7, 11) is 1.49. The molecule has 1 aliphatic heterocycles. The number of benzene rings is 2. The average Bonchev–Trinajstić information content (AvgIpc) is 2.85. The van der Waals surface area contributed by atoms with E-state index in [0.717, 1.165) is 22.2 Å². The van der Waals surface area contributed by atoms with Crippen LogP contribution in [0.15, 0.2) is 47.4 Å². The fraction of sp³-hybridized carbons (Fsp3) is 0.0588. The molecular formula is C17H12INO4S. The predicted molar refractivity (Wildman–Crippen MR) is 102 cm³/mol. The summed E-state index contributed by atoms with van der Waals surface area (Å²) in [5.41, 5.74) is 1.16. The number of amides is 2. The van der Waals surface area contributed by atoms with Crippen LogP contribution in [-0.2, 0) is 4.79 Å². The first kappa shape index (κ1) is 16.8. The van der Waals surface area contributed by atoms with Crippen molar-refractivity contribution in [3.05, 3.63) is 56.5 Å². The molecule has 0 aliphatic carbocycles. The molecule has 0 radical (unpaired) electrons. The number of halogens is 1. The first-order chi connectivity index (χ1) is 11.5. The van der Waals surface area contributed by atoms with Gasteiger partial charge in [0.25, 0.3) is 11.1 Å². The second-order valence-electron chi connectivity index (χ2n) is 4.90. The number of carbonyl (C=O) groups is 2. The van der Waals surface area contributed by atoms with Gasteiger partial charge in [0.05, 0.1) is 21.3 Å². The van der Waals surface area contributed by atoms with Gasteiger partial charge in [-0.3, -0.25) is 9.59 Å². The monoisotopic (exact) mass is 453 g/mol. The molecule has 7 heteroatoms. The minimum Gasteiger partial charge on any atom is -0.507 e. The van der Waals surface area contributed by atoms with Gasteiger partial charge in [0.1, 0.15) is 11.5 Å². The van der Waals surface area contributed by atoms with Crippen LogP contribution in [0.3, 0.4) is 0 Å². The van der Waals surface area contributed by atoms with E-state index in [9.17, 15) is 14.7 Å². The van der Waals surface area contributed by atoms with E-state index < -0.39 is 5.91 Å². The van der Waals surface area contributed by atoms with E-state index in [-0.39, 0.29) is 11.0 Å². The number of para-hydroxylation sites is 2. The summed E-state index contributed by atoms with van der Waals surface area (Å²) in [6.07, 6.45) is 1.64. The van der Waals surface area contributed by atoms with Crippen molar-refractivity contribution >= 4 is 57.3 Å².